The third-order valence-corrected chi connectivity index (χ3v) is 6.31. The van der Waals surface area contributed by atoms with Crippen molar-refractivity contribution in [3.63, 3.8) is 0 Å². The molecule has 0 saturated heterocycles. The van der Waals surface area contributed by atoms with Crippen molar-refractivity contribution in [1.82, 2.24) is 4.98 Å². The maximum atomic E-state index is 11.6. The van der Waals surface area contributed by atoms with Crippen LogP contribution in [-0.2, 0) is 22.4 Å². The predicted octanol–water partition coefficient (Wildman–Crippen LogP) is 5.56. The highest BCUT2D eigenvalue weighted by Crippen LogP contribution is 2.36. The number of allylic oxidation sites excluding steroid dienone is 1. The number of rotatable bonds is 8. The summed E-state index contributed by atoms with van der Waals surface area (Å²) in [6.07, 6.45) is 5.36. The predicted molar refractivity (Wildman–Crippen MR) is 119 cm³/mol. The summed E-state index contributed by atoms with van der Waals surface area (Å²) in [7, 11) is 0. The summed E-state index contributed by atoms with van der Waals surface area (Å²) in [5.41, 5.74) is 3.05. The number of halogens is 2. The van der Waals surface area contributed by atoms with E-state index < -0.39 is 5.97 Å². The van der Waals surface area contributed by atoms with Crippen LogP contribution in [0.15, 0.2) is 51.3 Å². The van der Waals surface area contributed by atoms with Crippen molar-refractivity contribution in [2.75, 3.05) is 13.2 Å². The Kier molecular flexibility index (Phi) is 7.50. The fraction of sp³-hybridized carbons (Fsp3) is 0.273. The van der Waals surface area contributed by atoms with Gasteiger partial charge in [0.2, 0.25) is 0 Å². The number of carbonyl (C=O) groups is 1. The average Bonchev–Trinajstić information content (AvgIpc) is 2.97. The standard InChI is InChI=1S/C22H21Br2NO4/c1-3-14-5-7-16(25-13-14)9-10-28-17-8-6-15(11-18(17)27-4-2)12-19-20(23)21(24)22(26)29-19/h5-8,11-13H,3-4,9-10H2,1-2H3/b19-12-. The molecule has 0 saturated carbocycles. The molecule has 1 aromatic heterocycles. The molecule has 0 N–H and O–H groups in total. The second-order valence-corrected chi connectivity index (χ2v) is 7.86. The molecule has 152 valence electrons. The smallest absolute Gasteiger partial charge is 0.351 e. The van der Waals surface area contributed by atoms with Crippen molar-refractivity contribution in [3.8, 4) is 11.5 Å². The molecule has 0 unspecified atom stereocenters. The molecule has 2 aromatic rings. The first-order chi connectivity index (χ1) is 14.0. The highest BCUT2D eigenvalue weighted by molar-refractivity contribution is 9.14. The minimum atomic E-state index is -0.423. The van der Waals surface area contributed by atoms with Crippen LogP contribution in [0, 0.1) is 0 Å². The van der Waals surface area contributed by atoms with E-state index in [9.17, 15) is 4.79 Å². The van der Waals surface area contributed by atoms with E-state index in [1.54, 1.807) is 6.08 Å². The Morgan fingerprint density at radius 2 is 1.90 bits per heavy atom. The molecule has 0 radical (unpaired) electrons. The van der Waals surface area contributed by atoms with E-state index in [0.29, 0.717) is 45.9 Å². The second kappa shape index (κ2) is 10.1. The highest BCUT2D eigenvalue weighted by atomic mass is 79.9. The first-order valence-corrected chi connectivity index (χ1v) is 10.9. The van der Waals surface area contributed by atoms with Gasteiger partial charge in [-0.15, -0.1) is 0 Å². The molecule has 2 heterocycles. The van der Waals surface area contributed by atoms with Gasteiger partial charge < -0.3 is 14.2 Å². The summed E-state index contributed by atoms with van der Waals surface area (Å²) in [5, 5.41) is 0. The van der Waals surface area contributed by atoms with Crippen LogP contribution in [0.25, 0.3) is 6.08 Å². The Balaban J connectivity index is 1.70. The molecule has 3 rings (SSSR count). The summed E-state index contributed by atoms with van der Waals surface area (Å²) in [6.45, 7) is 5.04. The number of carbonyl (C=O) groups excluding carboxylic acids is 1. The number of hydrogen-bond donors (Lipinski definition) is 0. The topological polar surface area (TPSA) is 57.7 Å². The normalized spacial score (nSPS) is 15.0. The van der Waals surface area contributed by atoms with E-state index in [-0.39, 0.29) is 0 Å². The number of benzene rings is 1. The molecule has 0 bridgehead atoms. The Morgan fingerprint density at radius 1 is 1.07 bits per heavy atom. The molecule has 29 heavy (non-hydrogen) atoms. The fourth-order valence-electron chi connectivity index (χ4n) is 2.71. The van der Waals surface area contributed by atoms with Crippen LogP contribution < -0.4 is 9.47 Å². The van der Waals surface area contributed by atoms with E-state index in [4.69, 9.17) is 14.2 Å². The van der Waals surface area contributed by atoms with Crippen molar-refractivity contribution in [2.45, 2.75) is 26.7 Å². The van der Waals surface area contributed by atoms with Gasteiger partial charge >= 0.3 is 5.97 Å². The molecule has 0 fully saturated rings. The summed E-state index contributed by atoms with van der Waals surface area (Å²) in [6, 6.07) is 9.73. The van der Waals surface area contributed by atoms with Gasteiger partial charge in [-0.2, -0.15) is 0 Å². The first kappa shape index (κ1) is 21.6. The van der Waals surface area contributed by atoms with E-state index >= 15 is 0 Å². The molecular weight excluding hydrogens is 502 g/mol. The van der Waals surface area contributed by atoms with Crippen molar-refractivity contribution in [3.05, 3.63) is 68.1 Å². The highest BCUT2D eigenvalue weighted by Gasteiger charge is 2.26. The molecule has 1 aliphatic rings. The van der Waals surface area contributed by atoms with E-state index in [1.807, 2.05) is 37.4 Å². The summed E-state index contributed by atoms with van der Waals surface area (Å²) >= 11 is 6.55. The van der Waals surface area contributed by atoms with Gasteiger partial charge in [0, 0.05) is 18.3 Å². The van der Waals surface area contributed by atoms with Crippen LogP contribution >= 0.6 is 31.9 Å². The van der Waals surface area contributed by atoms with Gasteiger partial charge in [0.15, 0.2) is 11.5 Å². The van der Waals surface area contributed by atoms with E-state index in [0.717, 1.165) is 17.7 Å². The maximum absolute atomic E-state index is 11.6. The third-order valence-electron chi connectivity index (χ3n) is 4.27. The average molecular weight is 523 g/mol. The lowest BCUT2D eigenvalue weighted by atomic mass is 10.1. The Hall–Kier alpha value is -2.12. The van der Waals surface area contributed by atoms with Crippen LogP contribution in [0.2, 0.25) is 0 Å². The number of esters is 1. The molecule has 0 aliphatic carbocycles. The number of aryl methyl sites for hydroxylation is 1. The minimum Gasteiger partial charge on any atom is -0.490 e. The van der Waals surface area contributed by atoms with Crippen molar-refractivity contribution in [1.29, 1.82) is 0 Å². The Labute approximate surface area is 187 Å². The van der Waals surface area contributed by atoms with Crippen LogP contribution in [0.5, 0.6) is 11.5 Å². The number of aromatic nitrogens is 1. The molecule has 0 spiro atoms. The van der Waals surface area contributed by atoms with Gasteiger partial charge in [0.25, 0.3) is 0 Å². The summed E-state index contributed by atoms with van der Waals surface area (Å²) < 4.78 is 17.8. The van der Waals surface area contributed by atoms with Crippen LogP contribution in [0.1, 0.15) is 30.7 Å². The lowest BCUT2D eigenvalue weighted by Gasteiger charge is -2.13. The Bertz CT molecular complexity index is 952. The number of hydrogen-bond acceptors (Lipinski definition) is 5. The number of ether oxygens (including phenoxy) is 3. The lowest BCUT2D eigenvalue weighted by Crippen LogP contribution is -2.05. The van der Waals surface area contributed by atoms with Gasteiger partial charge in [-0.25, -0.2) is 4.79 Å². The maximum Gasteiger partial charge on any atom is 0.351 e. The fourth-order valence-corrected chi connectivity index (χ4v) is 3.34. The summed E-state index contributed by atoms with van der Waals surface area (Å²) in [5.74, 6) is 1.33. The number of pyridine rings is 1. The van der Waals surface area contributed by atoms with Crippen molar-refractivity contribution < 1.29 is 19.0 Å². The zero-order valence-corrected chi connectivity index (χ0v) is 19.4. The molecule has 5 nitrogen and oxygen atoms in total. The number of cyclic esters (lactones) is 1. The van der Waals surface area contributed by atoms with Gasteiger partial charge in [-0.1, -0.05) is 19.1 Å². The van der Waals surface area contributed by atoms with Crippen molar-refractivity contribution in [2.24, 2.45) is 0 Å². The summed E-state index contributed by atoms with van der Waals surface area (Å²) in [4.78, 5) is 16.1. The number of nitrogens with zero attached hydrogens (tertiary/aromatic N) is 1. The molecule has 0 amide bonds. The quantitative estimate of drug-likeness (QED) is 0.424. The van der Waals surface area contributed by atoms with E-state index in [1.165, 1.54) is 5.56 Å². The van der Waals surface area contributed by atoms with Crippen molar-refractivity contribution >= 4 is 43.9 Å². The molecule has 1 aliphatic heterocycles. The minimum absolute atomic E-state index is 0.370. The third kappa shape index (κ3) is 5.48. The monoisotopic (exact) mass is 521 g/mol. The molecule has 1 aromatic carbocycles. The molecular formula is C22H21Br2NO4. The largest absolute Gasteiger partial charge is 0.490 e. The van der Waals surface area contributed by atoms with E-state index in [2.05, 4.69) is 49.8 Å². The second-order valence-electron chi connectivity index (χ2n) is 6.28. The van der Waals surface area contributed by atoms with Crippen LogP contribution in [-0.4, -0.2) is 24.2 Å². The Morgan fingerprint density at radius 3 is 2.52 bits per heavy atom. The zero-order valence-electron chi connectivity index (χ0n) is 16.2. The first-order valence-electron chi connectivity index (χ1n) is 9.34. The van der Waals surface area contributed by atoms with Crippen LogP contribution in [0.4, 0.5) is 0 Å². The SMILES string of the molecule is CCOc1cc(/C=C2\OC(=O)C(Br)=C2Br)ccc1OCCc1ccc(CC)cn1. The van der Waals surface area contributed by atoms with Gasteiger partial charge in [0.05, 0.1) is 17.7 Å². The van der Waals surface area contributed by atoms with Gasteiger partial charge in [-0.05, 0) is 80.6 Å². The van der Waals surface area contributed by atoms with Gasteiger partial charge in [-0.3, -0.25) is 4.98 Å². The lowest BCUT2D eigenvalue weighted by molar-refractivity contribution is -0.132. The molecule has 0 atom stereocenters. The van der Waals surface area contributed by atoms with Gasteiger partial charge in [0.1, 0.15) is 10.2 Å². The van der Waals surface area contributed by atoms with Crippen LogP contribution in [0.3, 0.4) is 0 Å². The zero-order chi connectivity index (χ0) is 20.8. The molecule has 7 heteroatoms.